The molecule has 55 heavy (non-hydrogen) atoms. The smallest absolute Gasteiger partial charge is 0.302 e. The molecule has 0 aliphatic rings. The number of halogens is 2. The lowest BCUT2D eigenvalue weighted by Gasteiger charge is -2.25. The van der Waals surface area contributed by atoms with Gasteiger partial charge in [-0.05, 0) is 91.2 Å². The molecule has 1 unspecified atom stereocenters. The first-order valence-electron chi connectivity index (χ1n) is 18.4. The van der Waals surface area contributed by atoms with Crippen LogP contribution in [0.3, 0.4) is 0 Å². The molecule has 0 saturated carbocycles. The topological polar surface area (TPSA) is 132 Å². The van der Waals surface area contributed by atoms with Crippen LogP contribution in [-0.4, -0.2) is 66.8 Å². The molecule has 0 radical (unpaired) electrons. The van der Waals surface area contributed by atoms with Crippen LogP contribution in [0.15, 0.2) is 84.9 Å². The summed E-state index contributed by atoms with van der Waals surface area (Å²) in [5.41, 5.74) is 13.3. The number of esters is 2. The van der Waals surface area contributed by atoms with Gasteiger partial charge in [-0.25, -0.2) is 4.98 Å². The lowest BCUT2D eigenvalue weighted by Crippen LogP contribution is -2.32. The molecule has 3 N–H and O–H groups in total. The maximum absolute atomic E-state index is 12.3. The molecule has 0 spiro atoms. The second-order valence-corrected chi connectivity index (χ2v) is 14.0. The summed E-state index contributed by atoms with van der Waals surface area (Å²) in [5.74, 6) is -0.338. The number of ether oxygens (including phenoxy) is 2. The van der Waals surface area contributed by atoms with E-state index in [4.69, 9.17) is 43.4 Å². The van der Waals surface area contributed by atoms with Crippen LogP contribution in [-0.2, 0) is 36.9 Å². The van der Waals surface area contributed by atoms with Gasteiger partial charge in [0.2, 0.25) is 5.91 Å². The van der Waals surface area contributed by atoms with Crippen LogP contribution in [0, 0.1) is 0 Å². The third-order valence-electron chi connectivity index (χ3n) is 9.35. The summed E-state index contributed by atoms with van der Waals surface area (Å²) in [7, 11) is 0. The van der Waals surface area contributed by atoms with Crippen LogP contribution in [0.5, 0.6) is 0 Å². The minimum atomic E-state index is -0.428. The Bertz CT molecular complexity index is 2060. The molecule has 5 aromatic rings. The number of nitrogens with one attached hydrogen (secondary N) is 1. The summed E-state index contributed by atoms with van der Waals surface area (Å²) in [4.78, 5) is 44.4. The summed E-state index contributed by atoms with van der Waals surface area (Å²) in [5, 5.41) is 4.51. The number of carbonyl (C=O) groups excluding carboxylic acids is 3. The van der Waals surface area contributed by atoms with Crippen LogP contribution in [0.25, 0.3) is 22.4 Å². The first kappa shape index (κ1) is 41.1. The number of anilines is 2. The Morgan fingerprint density at radius 2 is 1.38 bits per heavy atom. The van der Waals surface area contributed by atoms with Crippen molar-refractivity contribution in [3.63, 3.8) is 0 Å². The van der Waals surface area contributed by atoms with Gasteiger partial charge in [0.1, 0.15) is 19.0 Å². The molecule has 0 fully saturated rings. The normalized spacial score (nSPS) is 11.7. The highest BCUT2D eigenvalue weighted by atomic mass is 35.5. The quantitative estimate of drug-likeness (QED) is 0.0815. The molecule has 13 heteroatoms. The third kappa shape index (κ3) is 11.2. The van der Waals surface area contributed by atoms with Gasteiger partial charge in [0.05, 0.1) is 34.2 Å². The lowest BCUT2D eigenvalue weighted by atomic mass is 10.0. The van der Waals surface area contributed by atoms with Gasteiger partial charge in [-0.2, -0.15) is 0 Å². The molecule has 4 aromatic carbocycles. The predicted molar refractivity (Wildman–Crippen MR) is 220 cm³/mol. The van der Waals surface area contributed by atoms with Crippen molar-refractivity contribution >= 4 is 63.5 Å². The van der Waals surface area contributed by atoms with Gasteiger partial charge >= 0.3 is 11.9 Å². The summed E-state index contributed by atoms with van der Waals surface area (Å²) >= 11 is 12.7. The Balaban J connectivity index is 1.41. The van der Waals surface area contributed by atoms with Crippen molar-refractivity contribution in [2.75, 3.05) is 49.2 Å². The molecule has 1 heterocycles. The molecule has 1 aromatic heterocycles. The Kier molecular flexibility index (Phi) is 14.5. The van der Waals surface area contributed by atoms with Crippen molar-refractivity contribution in [1.82, 2.24) is 14.9 Å². The Labute approximate surface area is 332 Å². The van der Waals surface area contributed by atoms with Gasteiger partial charge in [0.25, 0.3) is 0 Å². The third-order valence-corrected chi connectivity index (χ3v) is 10.1. The van der Waals surface area contributed by atoms with Crippen molar-refractivity contribution in [2.24, 2.45) is 5.73 Å². The monoisotopic (exact) mass is 786 g/mol. The van der Waals surface area contributed by atoms with Crippen molar-refractivity contribution in [3.05, 3.63) is 112 Å². The lowest BCUT2D eigenvalue weighted by molar-refractivity contribution is -0.141. The minimum Gasteiger partial charge on any atom is -0.464 e. The summed E-state index contributed by atoms with van der Waals surface area (Å²) < 4.78 is 12.5. The van der Waals surface area contributed by atoms with Crippen LogP contribution < -0.4 is 20.9 Å². The van der Waals surface area contributed by atoms with E-state index in [0.717, 1.165) is 63.6 Å². The van der Waals surface area contributed by atoms with Gasteiger partial charge in [0, 0.05) is 69.4 Å². The largest absolute Gasteiger partial charge is 0.464 e. The number of amides is 1. The number of nitrogens with two attached hydrogens (primary N) is 1. The average molecular weight is 788 g/mol. The van der Waals surface area contributed by atoms with E-state index >= 15 is 0 Å². The van der Waals surface area contributed by atoms with E-state index in [0.29, 0.717) is 36.2 Å². The predicted octanol–water partition coefficient (Wildman–Crippen LogP) is 7.54. The van der Waals surface area contributed by atoms with Crippen LogP contribution in [0.2, 0.25) is 10.0 Å². The number of aromatic nitrogens is 2. The number of benzene rings is 4. The molecule has 5 rings (SSSR count). The fraction of sp³-hybridized carbons (Fsp3) is 0.333. The molecule has 1 atom stereocenters. The summed E-state index contributed by atoms with van der Waals surface area (Å²) in [6.45, 7) is 11.1. The molecule has 0 aliphatic carbocycles. The maximum Gasteiger partial charge on any atom is 0.302 e. The second-order valence-electron chi connectivity index (χ2n) is 13.2. The fourth-order valence-electron chi connectivity index (χ4n) is 6.52. The molecular weight excluding hydrogens is 739 g/mol. The van der Waals surface area contributed by atoms with Gasteiger partial charge in [-0.15, -0.1) is 0 Å². The molecular formula is C42H48Cl2N6O5. The van der Waals surface area contributed by atoms with Crippen molar-refractivity contribution in [1.29, 1.82) is 0 Å². The number of nitrogens with zero attached hydrogens (tertiary/aromatic N) is 4. The Morgan fingerprint density at radius 3 is 1.96 bits per heavy atom. The van der Waals surface area contributed by atoms with Gasteiger partial charge in [-0.3, -0.25) is 14.4 Å². The van der Waals surface area contributed by atoms with Gasteiger partial charge in [0.15, 0.2) is 0 Å². The minimum absolute atomic E-state index is 0.0906. The highest BCUT2D eigenvalue weighted by molar-refractivity contribution is 6.42. The van der Waals surface area contributed by atoms with E-state index in [-0.39, 0.29) is 37.6 Å². The maximum atomic E-state index is 12.3. The molecule has 1 amide bonds. The molecule has 290 valence electrons. The number of rotatable bonds is 19. The number of hydrogen-bond donors (Lipinski definition) is 2. The molecule has 0 bridgehead atoms. The van der Waals surface area contributed by atoms with Crippen molar-refractivity contribution < 1.29 is 23.9 Å². The van der Waals surface area contributed by atoms with Crippen LogP contribution in [0.1, 0.15) is 56.8 Å². The van der Waals surface area contributed by atoms with Crippen molar-refractivity contribution in [3.8, 4) is 11.4 Å². The average Bonchev–Trinajstić information content (AvgIpc) is 3.52. The van der Waals surface area contributed by atoms with E-state index in [1.807, 2.05) is 59.5 Å². The summed E-state index contributed by atoms with van der Waals surface area (Å²) in [6, 6.07) is 27.7. The number of hydrogen-bond acceptors (Lipinski definition) is 9. The van der Waals surface area contributed by atoms with E-state index in [1.54, 1.807) is 6.07 Å². The van der Waals surface area contributed by atoms with E-state index in [9.17, 15) is 14.4 Å². The molecule has 0 saturated heterocycles. The highest BCUT2D eigenvalue weighted by Gasteiger charge is 2.19. The van der Waals surface area contributed by atoms with Crippen molar-refractivity contribution in [2.45, 2.75) is 53.2 Å². The number of primary amides is 1. The number of carbonyl (C=O) groups is 3. The zero-order valence-electron chi connectivity index (χ0n) is 31.7. The Hall–Kier alpha value is -5.10. The van der Waals surface area contributed by atoms with E-state index < -0.39 is 5.91 Å². The standard InChI is InChI=1S/C42H48Cl2N6O5/c1-5-48(6-2)34-15-10-32(11-16-34)42-47-39-24-33(12-18-40(39)50(42)27-31-9-17-36(43)37(44)23-31)38(25-41(45)53)46-26-30-7-13-35(14-8-30)49(19-21-54-28(3)51)20-22-55-29(4)52/h7-18,23-24,38,46H,5-6,19-22,25-27H2,1-4H3,(H2,45,53). The van der Waals surface area contributed by atoms with Gasteiger partial charge in [-0.1, -0.05) is 47.5 Å². The first-order chi connectivity index (χ1) is 26.4. The second kappa shape index (κ2) is 19.5. The fourth-order valence-corrected chi connectivity index (χ4v) is 6.84. The van der Waals surface area contributed by atoms with E-state index in [2.05, 4.69) is 52.9 Å². The molecule has 11 nitrogen and oxygen atoms in total. The van der Waals surface area contributed by atoms with E-state index in [1.165, 1.54) is 13.8 Å². The zero-order chi connectivity index (χ0) is 39.5. The zero-order valence-corrected chi connectivity index (χ0v) is 33.2. The Morgan fingerprint density at radius 1 is 0.782 bits per heavy atom. The first-order valence-corrected chi connectivity index (χ1v) is 19.1. The highest BCUT2D eigenvalue weighted by Crippen LogP contribution is 2.31. The van der Waals surface area contributed by atoms with Crippen LogP contribution >= 0.6 is 23.2 Å². The number of imidazole rings is 1. The SMILES string of the molecule is CCN(CC)c1ccc(-c2nc3cc(C(CC(N)=O)NCc4ccc(N(CCOC(C)=O)CCOC(C)=O)cc4)ccc3n2Cc2ccc(Cl)c(Cl)c2)cc1. The summed E-state index contributed by atoms with van der Waals surface area (Å²) in [6.07, 6.45) is 0.0906. The van der Waals surface area contributed by atoms with Crippen LogP contribution in [0.4, 0.5) is 11.4 Å². The van der Waals surface area contributed by atoms with Gasteiger partial charge < -0.3 is 34.9 Å². The molecule has 0 aliphatic heterocycles. The number of fused-ring (bicyclic) bond motifs is 1.